The van der Waals surface area contributed by atoms with Crippen LogP contribution in [0.25, 0.3) is 0 Å². The van der Waals surface area contributed by atoms with Gasteiger partial charge in [-0.25, -0.2) is 0 Å². The summed E-state index contributed by atoms with van der Waals surface area (Å²) in [4.78, 5) is 4.27. The number of rotatable bonds is 8. The number of pyridine rings is 1. The largest absolute Gasteiger partial charge is 0.310 e. The molecule has 1 N–H and O–H groups in total. The zero-order valence-electron chi connectivity index (χ0n) is 10.3. The van der Waals surface area contributed by atoms with Gasteiger partial charge in [0.25, 0.3) is 0 Å². The Balaban J connectivity index is 1.93. The molecule has 1 heterocycles. The summed E-state index contributed by atoms with van der Waals surface area (Å²) in [5.74, 6) is 3.30. The summed E-state index contributed by atoms with van der Waals surface area (Å²) >= 11 is 2.03. The van der Waals surface area contributed by atoms with Crippen molar-refractivity contribution in [2.24, 2.45) is 5.92 Å². The average Bonchev–Trinajstić information content (AvgIpc) is 2.29. The van der Waals surface area contributed by atoms with Crippen LogP contribution in [0.4, 0.5) is 0 Å². The standard InChI is InChI=1S/C13H22N2S/c1-12(2)6-9-16-10-8-14-11-13-5-3-4-7-15-13/h3-5,7,12,14H,6,8-11H2,1-2H3. The molecule has 0 aliphatic carbocycles. The molecule has 16 heavy (non-hydrogen) atoms. The maximum atomic E-state index is 4.27. The fraction of sp³-hybridized carbons (Fsp3) is 0.615. The summed E-state index contributed by atoms with van der Waals surface area (Å²) < 4.78 is 0. The van der Waals surface area contributed by atoms with Crippen LogP contribution >= 0.6 is 11.8 Å². The zero-order valence-corrected chi connectivity index (χ0v) is 11.1. The number of nitrogens with one attached hydrogen (secondary N) is 1. The molecule has 0 atom stereocenters. The van der Waals surface area contributed by atoms with Crippen molar-refractivity contribution in [2.75, 3.05) is 18.1 Å². The summed E-state index contributed by atoms with van der Waals surface area (Å²) in [7, 11) is 0. The van der Waals surface area contributed by atoms with Gasteiger partial charge >= 0.3 is 0 Å². The highest BCUT2D eigenvalue weighted by molar-refractivity contribution is 7.99. The van der Waals surface area contributed by atoms with Crippen molar-refractivity contribution in [2.45, 2.75) is 26.8 Å². The minimum absolute atomic E-state index is 0.828. The lowest BCUT2D eigenvalue weighted by Gasteiger charge is -2.05. The topological polar surface area (TPSA) is 24.9 Å². The molecular weight excluding hydrogens is 216 g/mol. The molecule has 90 valence electrons. The van der Waals surface area contributed by atoms with E-state index in [1.807, 2.05) is 30.1 Å². The Kier molecular flexibility index (Phi) is 7.26. The summed E-state index contributed by atoms with van der Waals surface area (Å²) in [6, 6.07) is 6.03. The Labute approximate surface area is 103 Å². The molecule has 1 rings (SSSR count). The van der Waals surface area contributed by atoms with Crippen molar-refractivity contribution < 1.29 is 0 Å². The molecule has 0 aliphatic rings. The highest BCUT2D eigenvalue weighted by Gasteiger charge is 1.95. The van der Waals surface area contributed by atoms with E-state index >= 15 is 0 Å². The van der Waals surface area contributed by atoms with Crippen LogP contribution in [0, 0.1) is 5.92 Å². The van der Waals surface area contributed by atoms with Gasteiger partial charge in [-0.3, -0.25) is 4.98 Å². The third kappa shape index (κ3) is 6.85. The van der Waals surface area contributed by atoms with Crippen LogP contribution in [0.5, 0.6) is 0 Å². The molecule has 0 saturated heterocycles. The number of aromatic nitrogens is 1. The van der Waals surface area contributed by atoms with E-state index < -0.39 is 0 Å². The predicted octanol–water partition coefficient (Wildman–Crippen LogP) is 2.95. The SMILES string of the molecule is CC(C)CCSCCNCc1ccccn1. The normalized spacial score (nSPS) is 10.9. The first-order chi connectivity index (χ1) is 7.79. The first-order valence-electron chi connectivity index (χ1n) is 5.97. The van der Waals surface area contributed by atoms with E-state index in [-0.39, 0.29) is 0 Å². The molecule has 0 amide bonds. The Hall–Kier alpha value is -0.540. The Morgan fingerprint density at radius 2 is 2.19 bits per heavy atom. The van der Waals surface area contributed by atoms with E-state index in [0.29, 0.717) is 0 Å². The first kappa shape index (κ1) is 13.5. The van der Waals surface area contributed by atoms with Gasteiger partial charge < -0.3 is 5.32 Å². The highest BCUT2D eigenvalue weighted by atomic mass is 32.2. The van der Waals surface area contributed by atoms with E-state index in [4.69, 9.17) is 0 Å². The summed E-state index contributed by atoms with van der Waals surface area (Å²) in [6.45, 7) is 6.50. The number of hydrogen-bond acceptors (Lipinski definition) is 3. The van der Waals surface area contributed by atoms with Gasteiger partial charge in [-0.1, -0.05) is 19.9 Å². The Morgan fingerprint density at radius 1 is 1.31 bits per heavy atom. The maximum Gasteiger partial charge on any atom is 0.0541 e. The average molecular weight is 238 g/mol. The molecule has 0 fully saturated rings. The molecule has 0 spiro atoms. The maximum absolute atomic E-state index is 4.27. The summed E-state index contributed by atoms with van der Waals surface area (Å²) in [6.07, 6.45) is 3.17. The quantitative estimate of drug-likeness (QED) is 0.705. The molecule has 3 heteroatoms. The van der Waals surface area contributed by atoms with Crippen LogP contribution in [0.3, 0.4) is 0 Å². The second-order valence-corrected chi connectivity index (χ2v) is 5.52. The zero-order chi connectivity index (χ0) is 11.6. The fourth-order valence-corrected chi connectivity index (χ4v) is 2.42. The van der Waals surface area contributed by atoms with Crippen LogP contribution in [-0.2, 0) is 6.54 Å². The van der Waals surface area contributed by atoms with Gasteiger partial charge in [0.1, 0.15) is 0 Å². The van der Waals surface area contributed by atoms with E-state index in [9.17, 15) is 0 Å². The van der Waals surface area contributed by atoms with Crippen LogP contribution in [0.2, 0.25) is 0 Å². The molecule has 2 nitrogen and oxygen atoms in total. The van der Waals surface area contributed by atoms with Gasteiger partial charge in [0.15, 0.2) is 0 Å². The highest BCUT2D eigenvalue weighted by Crippen LogP contribution is 2.07. The molecule has 1 aromatic heterocycles. The van der Waals surface area contributed by atoms with E-state index in [0.717, 1.165) is 24.7 Å². The number of hydrogen-bond donors (Lipinski definition) is 1. The Morgan fingerprint density at radius 3 is 2.88 bits per heavy atom. The Bertz CT molecular complexity index is 262. The molecule has 1 aromatic rings. The van der Waals surface area contributed by atoms with Gasteiger partial charge in [-0.05, 0) is 30.2 Å². The van der Waals surface area contributed by atoms with Crippen LogP contribution in [-0.4, -0.2) is 23.0 Å². The van der Waals surface area contributed by atoms with Crippen molar-refractivity contribution in [1.82, 2.24) is 10.3 Å². The smallest absolute Gasteiger partial charge is 0.0541 e. The summed E-state index contributed by atoms with van der Waals surface area (Å²) in [5.41, 5.74) is 1.12. The van der Waals surface area contributed by atoms with Crippen molar-refractivity contribution in [3.63, 3.8) is 0 Å². The minimum Gasteiger partial charge on any atom is -0.310 e. The minimum atomic E-state index is 0.828. The lowest BCUT2D eigenvalue weighted by Crippen LogP contribution is -2.17. The molecule has 0 radical (unpaired) electrons. The predicted molar refractivity (Wildman–Crippen MR) is 72.7 cm³/mol. The van der Waals surface area contributed by atoms with Crippen LogP contribution in [0.1, 0.15) is 26.0 Å². The van der Waals surface area contributed by atoms with E-state index in [2.05, 4.69) is 30.2 Å². The van der Waals surface area contributed by atoms with Crippen molar-refractivity contribution in [3.05, 3.63) is 30.1 Å². The van der Waals surface area contributed by atoms with E-state index in [1.165, 1.54) is 17.9 Å². The van der Waals surface area contributed by atoms with Gasteiger partial charge in [0, 0.05) is 25.0 Å². The lowest BCUT2D eigenvalue weighted by molar-refractivity contribution is 0.631. The lowest BCUT2D eigenvalue weighted by atomic mass is 10.2. The summed E-state index contributed by atoms with van der Waals surface area (Å²) in [5, 5.41) is 3.41. The fourth-order valence-electron chi connectivity index (χ4n) is 1.28. The van der Waals surface area contributed by atoms with Gasteiger partial charge in [0.05, 0.1) is 5.69 Å². The van der Waals surface area contributed by atoms with E-state index in [1.54, 1.807) is 0 Å². The number of thioether (sulfide) groups is 1. The third-order valence-electron chi connectivity index (χ3n) is 2.29. The molecule has 0 bridgehead atoms. The second kappa shape index (κ2) is 8.59. The third-order valence-corrected chi connectivity index (χ3v) is 3.31. The molecular formula is C13H22N2S. The molecule has 0 aromatic carbocycles. The van der Waals surface area contributed by atoms with Crippen LogP contribution < -0.4 is 5.32 Å². The van der Waals surface area contributed by atoms with Crippen LogP contribution in [0.15, 0.2) is 24.4 Å². The van der Waals surface area contributed by atoms with Crippen molar-refractivity contribution in [3.8, 4) is 0 Å². The number of nitrogens with zero attached hydrogens (tertiary/aromatic N) is 1. The first-order valence-corrected chi connectivity index (χ1v) is 7.13. The monoisotopic (exact) mass is 238 g/mol. The van der Waals surface area contributed by atoms with Gasteiger partial charge in [-0.2, -0.15) is 11.8 Å². The van der Waals surface area contributed by atoms with Crippen molar-refractivity contribution in [1.29, 1.82) is 0 Å². The molecule has 0 saturated carbocycles. The van der Waals surface area contributed by atoms with Crippen molar-refractivity contribution >= 4 is 11.8 Å². The van der Waals surface area contributed by atoms with Gasteiger partial charge in [-0.15, -0.1) is 0 Å². The van der Waals surface area contributed by atoms with Gasteiger partial charge in [0.2, 0.25) is 0 Å². The molecule has 0 aliphatic heterocycles. The second-order valence-electron chi connectivity index (χ2n) is 4.29. The molecule has 0 unspecified atom stereocenters.